The molecule has 0 bridgehead atoms. The van der Waals surface area contributed by atoms with E-state index >= 15 is 0 Å². The van der Waals surface area contributed by atoms with Gasteiger partial charge in [-0.1, -0.05) is 32.1 Å². The lowest BCUT2D eigenvalue weighted by Gasteiger charge is -2.17. The van der Waals surface area contributed by atoms with Gasteiger partial charge in [0.05, 0.1) is 0 Å². The number of benzene rings is 1. The van der Waals surface area contributed by atoms with E-state index < -0.39 is 0 Å². The molecular weight excluding hydrogens is 180 g/mol. The van der Waals surface area contributed by atoms with Gasteiger partial charge in [-0.3, -0.25) is 0 Å². The summed E-state index contributed by atoms with van der Waals surface area (Å²) in [6, 6.07) is 2.30. The molecule has 0 saturated heterocycles. The summed E-state index contributed by atoms with van der Waals surface area (Å²) in [5, 5.41) is 0. The van der Waals surface area contributed by atoms with E-state index in [0.29, 0.717) is 0 Å². The third-order valence-corrected chi connectivity index (χ3v) is 3.07. The molecule has 0 unspecified atom stereocenters. The lowest BCUT2D eigenvalue weighted by Crippen LogP contribution is -2.01. The van der Waals surface area contributed by atoms with Gasteiger partial charge in [0.2, 0.25) is 0 Å². The number of allylic oxidation sites excluding steroid dienone is 1. The molecule has 0 heteroatoms. The van der Waals surface area contributed by atoms with Crippen molar-refractivity contribution in [3.8, 4) is 0 Å². The zero-order valence-corrected chi connectivity index (χ0v) is 10.6. The SMILES string of the molecule is CC.Cc1cc(C)c2c(c1C)CCC=C2. The summed E-state index contributed by atoms with van der Waals surface area (Å²) in [6.45, 7) is 10.7. The predicted octanol–water partition coefficient (Wildman–Crippen LogP) is 4.60. The molecule has 0 spiro atoms. The molecule has 1 aromatic rings. The standard InChI is InChI=1S/C13H16.C2H6/c1-9-8-10(2)12-6-4-5-7-13(12)11(9)3;1-2/h4,6,8H,5,7H2,1-3H3;1-2H3. The Morgan fingerprint density at radius 1 is 1.00 bits per heavy atom. The monoisotopic (exact) mass is 202 g/mol. The Balaban J connectivity index is 0.000000531. The first-order chi connectivity index (χ1) is 7.20. The molecule has 0 atom stereocenters. The van der Waals surface area contributed by atoms with E-state index in [1.54, 1.807) is 5.56 Å². The summed E-state index contributed by atoms with van der Waals surface area (Å²) in [7, 11) is 0. The molecule has 1 aliphatic rings. The Morgan fingerprint density at radius 2 is 1.67 bits per heavy atom. The third kappa shape index (κ3) is 2.31. The third-order valence-electron chi connectivity index (χ3n) is 3.07. The highest BCUT2D eigenvalue weighted by molar-refractivity contribution is 5.63. The molecule has 0 nitrogen and oxygen atoms in total. The van der Waals surface area contributed by atoms with Crippen LogP contribution in [0.2, 0.25) is 0 Å². The number of hydrogen-bond acceptors (Lipinski definition) is 0. The zero-order chi connectivity index (χ0) is 11.4. The maximum absolute atomic E-state index is 2.30. The van der Waals surface area contributed by atoms with Crippen molar-refractivity contribution in [2.24, 2.45) is 0 Å². The van der Waals surface area contributed by atoms with Crippen LogP contribution >= 0.6 is 0 Å². The summed E-state index contributed by atoms with van der Waals surface area (Å²) >= 11 is 0. The van der Waals surface area contributed by atoms with Gasteiger partial charge < -0.3 is 0 Å². The van der Waals surface area contributed by atoms with Gasteiger partial charge in [-0.05, 0) is 61.4 Å². The smallest absolute Gasteiger partial charge is 0.0195 e. The van der Waals surface area contributed by atoms with E-state index in [9.17, 15) is 0 Å². The second-order valence-corrected chi connectivity index (χ2v) is 3.97. The van der Waals surface area contributed by atoms with Gasteiger partial charge in [-0.25, -0.2) is 0 Å². The Morgan fingerprint density at radius 3 is 2.33 bits per heavy atom. The molecule has 0 radical (unpaired) electrons. The van der Waals surface area contributed by atoms with Gasteiger partial charge in [0.15, 0.2) is 0 Å². The van der Waals surface area contributed by atoms with Crippen molar-refractivity contribution in [3.05, 3.63) is 40.0 Å². The Bertz CT molecular complexity index is 370. The van der Waals surface area contributed by atoms with Gasteiger partial charge in [0.25, 0.3) is 0 Å². The number of aryl methyl sites for hydroxylation is 2. The largest absolute Gasteiger partial charge is 0.0836 e. The average Bonchev–Trinajstić information content (AvgIpc) is 2.29. The topological polar surface area (TPSA) is 0 Å². The molecule has 0 amide bonds. The van der Waals surface area contributed by atoms with Crippen molar-refractivity contribution >= 4 is 6.08 Å². The van der Waals surface area contributed by atoms with E-state index in [-0.39, 0.29) is 0 Å². The molecule has 2 rings (SSSR count). The van der Waals surface area contributed by atoms with Crippen molar-refractivity contribution in [1.29, 1.82) is 0 Å². The van der Waals surface area contributed by atoms with E-state index in [4.69, 9.17) is 0 Å². The Labute approximate surface area is 94.0 Å². The fraction of sp³-hybridized carbons (Fsp3) is 0.467. The Hall–Kier alpha value is -1.04. The second kappa shape index (κ2) is 5.16. The molecule has 15 heavy (non-hydrogen) atoms. The molecule has 82 valence electrons. The van der Waals surface area contributed by atoms with Gasteiger partial charge in [0, 0.05) is 0 Å². The highest BCUT2D eigenvalue weighted by Crippen LogP contribution is 2.27. The molecule has 1 aromatic carbocycles. The number of rotatable bonds is 0. The first-order valence-electron chi connectivity index (χ1n) is 5.96. The van der Waals surface area contributed by atoms with E-state index in [1.165, 1.54) is 35.1 Å². The second-order valence-electron chi connectivity index (χ2n) is 3.97. The normalized spacial score (nSPS) is 12.9. The number of hydrogen-bond donors (Lipinski definition) is 0. The minimum absolute atomic E-state index is 1.21. The van der Waals surface area contributed by atoms with Crippen molar-refractivity contribution in [3.63, 3.8) is 0 Å². The fourth-order valence-corrected chi connectivity index (χ4v) is 2.17. The van der Waals surface area contributed by atoms with Crippen LogP contribution in [-0.4, -0.2) is 0 Å². The van der Waals surface area contributed by atoms with Crippen LogP contribution in [0, 0.1) is 20.8 Å². The first kappa shape index (κ1) is 12.0. The zero-order valence-electron chi connectivity index (χ0n) is 10.6. The first-order valence-corrected chi connectivity index (χ1v) is 5.96. The summed E-state index contributed by atoms with van der Waals surface area (Å²) in [5.41, 5.74) is 7.39. The molecule has 0 aliphatic heterocycles. The van der Waals surface area contributed by atoms with Crippen LogP contribution in [0.25, 0.3) is 6.08 Å². The highest BCUT2D eigenvalue weighted by Gasteiger charge is 2.11. The van der Waals surface area contributed by atoms with Gasteiger partial charge in [-0.15, -0.1) is 0 Å². The minimum Gasteiger partial charge on any atom is -0.0836 e. The fourth-order valence-electron chi connectivity index (χ4n) is 2.17. The summed E-state index contributed by atoms with van der Waals surface area (Å²) in [5.74, 6) is 0. The van der Waals surface area contributed by atoms with Gasteiger partial charge in [-0.2, -0.15) is 0 Å². The molecule has 0 heterocycles. The van der Waals surface area contributed by atoms with E-state index in [1.807, 2.05) is 13.8 Å². The lowest BCUT2D eigenvalue weighted by atomic mass is 9.88. The summed E-state index contributed by atoms with van der Waals surface area (Å²) < 4.78 is 0. The molecule has 0 saturated carbocycles. The average molecular weight is 202 g/mol. The van der Waals surface area contributed by atoms with Gasteiger partial charge >= 0.3 is 0 Å². The van der Waals surface area contributed by atoms with Crippen molar-refractivity contribution in [2.75, 3.05) is 0 Å². The van der Waals surface area contributed by atoms with Crippen molar-refractivity contribution < 1.29 is 0 Å². The molecule has 1 aliphatic carbocycles. The maximum Gasteiger partial charge on any atom is -0.0195 e. The quantitative estimate of drug-likeness (QED) is 0.577. The maximum atomic E-state index is 2.30. The molecule has 0 N–H and O–H groups in total. The van der Waals surface area contributed by atoms with E-state index in [0.717, 1.165) is 0 Å². The van der Waals surface area contributed by atoms with Crippen LogP contribution in [0.3, 0.4) is 0 Å². The van der Waals surface area contributed by atoms with Crippen LogP contribution in [0.5, 0.6) is 0 Å². The summed E-state index contributed by atoms with van der Waals surface area (Å²) in [6.07, 6.45) is 6.99. The molecule has 0 fully saturated rings. The van der Waals surface area contributed by atoms with Crippen LogP contribution in [-0.2, 0) is 6.42 Å². The van der Waals surface area contributed by atoms with Crippen LogP contribution < -0.4 is 0 Å². The molecule has 0 aromatic heterocycles. The lowest BCUT2D eigenvalue weighted by molar-refractivity contribution is 0.960. The molecular formula is C15H22. The van der Waals surface area contributed by atoms with Gasteiger partial charge in [0.1, 0.15) is 0 Å². The number of fused-ring (bicyclic) bond motifs is 1. The summed E-state index contributed by atoms with van der Waals surface area (Å²) in [4.78, 5) is 0. The van der Waals surface area contributed by atoms with Crippen LogP contribution in [0.15, 0.2) is 12.1 Å². The van der Waals surface area contributed by atoms with Crippen LogP contribution in [0.4, 0.5) is 0 Å². The minimum atomic E-state index is 1.21. The van der Waals surface area contributed by atoms with Crippen LogP contribution in [0.1, 0.15) is 48.1 Å². The Kier molecular flexibility index (Phi) is 4.14. The highest BCUT2D eigenvalue weighted by atomic mass is 14.2. The van der Waals surface area contributed by atoms with Crippen molar-refractivity contribution in [2.45, 2.75) is 47.5 Å². The van der Waals surface area contributed by atoms with Crippen molar-refractivity contribution in [1.82, 2.24) is 0 Å². The predicted molar refractivity (Wildman–Crippen MR) is 69.4 cm³/mol. The van der Waals surface area contributed by atoms with E-state index in [2.05, 4.69) is 39.0 Å².